The van der Waals surface area contributed by atoms with Crippen LogP contribution < -0.4 is 20.7 Å². The minimum Gasteiger partial charge on any atom is -0.496 e. The van der Waals surface area contributed by atoms with Crippen LogP contribution in [0.1, 0.15) is 10.4 Å². The third kappa shape index (κ3) is 6.83. The maximum absolute atomic E-state index is 12.6. The highest BCUT2D eigenvalue weighted by atomic mass is 127. The molecule has 10 heteroatoms. The first-order valence-corrected chi connectivity index (χ1v) is 10.2. The van der Waals surface area contributed by atoms with Gasteiger partial charge in [-0.25, -0.2) is 0 Å². The predicted octanol–water partition coefficient (Wildman–Crippen LogP) is 4.71. The lowest BCUT2D eigenvalue weighted by atomic mass is 10.2. The summed E-state index contributed by atoms with van der Waals surface area (Å²) >= 11 is 25.5. The van der Waals surface area contributed by atoms with Crippen molar-refractivity contribution in [3.8, 4) is 5.75 Å². The van der Waals surface area contributed by atoms with E-state index < -0.39 is 15.9 Å². The number of rotatable bonds is 5. The van der Waals surface area contributed by atoms with Crippen LogP contribution in [0.3, 0.4) is 0 Å². The number of halogens is 4. The average molecular weight is 559 g/mol. The monoisotopic (exact) mass is 557 g/mol. The molecular formula is C17H15Cl3IN3O2S. The molecule has 27 heavy (non-hydrogen) atoms. The summed E-state index contributed by atoms with van der Waals surface area (Å²) in [6.45, 7) is 0. The zero-order valence-corrected chi connectivity index (χ0v) is 19.2. The van der Waals surface area contributed by atoms with E-state index in [2.05, 4.69) is 38.5 Å². The normalized spacial score (nSPS) is 12.0. The van der Waals surface area contributed by atoms with Gasteiger partial charge >= 0.3 is 0 Å². The Balaban J connectivity index is 2.10. The molecule has 0 aromatic heterocycles. The first-order chi connectivity index (χ1) is 12.7. The molecular weight excluding hydrogens is 544 g/mol. The SMILES string of the molecule is COc1ccccc1C(=O)N[C@@H](NC(=S)Nc1ccc(I)cc1)C(Cl)(Cl)Cl. The standard InChI is InChI=1S/C17H15Cl3IN3O2S/c1-26-13-5-3-2-4-12(13)14(25)23-15(17(18,19)20)24-16(27)22-11-8-6-10(21)7-9-11/h2-9,15H,1H3,(H,23,25)(H2,22,24,27)/t15-/m0/s1. The maximum Gasteiger partial charge on any atom is 0.256 e. The van der Waals surface area contributed by atoms with Gasteiger partial charge in [-0.3, -0.25) is 4.79 Å². The van der Waals surface area contributed by atoms with Crippen LogP contribution in [0.25, 0.3) is 0 Å². The van der Waals surface area contributed by atoms with Crippen molar-refractivity contribution >= 4 is 86.3 Å². The molecule has 0 spiro atoms. The lowest BCUT2D eigenvalue weighted by Gasteiger charge is -2.28. The largest absolute Gasteiger partial charge is 0.496 e. The topological polar surface area (TPSA) is 62.4 Å². The van der Waals surface area contributed by atoms with Gasteiger partial charge in [0.05, 0.1) is 12.7 Å². The summed E-state index contributed by atoms with van der Waals surface area (Å²) in [5, 5.41) is 8.59. The molecule has 0 bridgehead atoms. The molecule has 2 aromatic rings. The molecule has 0 saturated carbocycles. The number of hydrogen-bond acceptors (Lipinski definition) is 3. The molecule has 0 aliphatic rings. The molecule has 1 atom stereocenters. The Kier molecular flexibility index (Phi) is 8.23. The van der Waals surface area contributed by atoms with Gasteiger partial charge in [0.25, 0.3) is 5.91 Å². The van der Waals surface area contributed by atoms with Crippen LogP contribution in [0.5, 0.6) is 5.75 Å². The quantitative estimate of drug-likeness (QED) is 0.215. The Morgan fingerprint density at radius 2 is 1.74 bits per heavy atom. The van der Waals surface area contributed by atoms with E-state index in [1.54, 1.807) is 24.3 Å². The van der Waals surface area contributed by atoms with E-state index in [9.17, 15) is 4.79 Å². The number of carbonyl (C=O) groups is 1. The first-order valence-electron chi connectivity index (χ1n) is 7.54. The van der Waals surface area contributed by atoms with Gasteiger partial charge in [-0.05, 0) is 71.2 Å². The van der Waals surface area contributed by atoms with Crippen molar-refractivity contribution in [2.24, 2.45) is 0 Å². The second-order valence-corrected chi connectivity index (χ2v) is 9.28. The fraction of sp³-hybridized carbons (Fsp3) is 0.176. The Labute approximate surface area is 191 Å². The van der Waals surface area contributed by atoms with Crippen LogP contribution in [0, 0.1) is 3.57 Å². The highest BCUT2D eigenvalue weighted by Gasteiger charge is 2.35. The minimum absolute atomic E-state index is 0.188. The van der Waals surface area contributed by atoms with Gasteiger partial charge in [0.15, 0.2) is 5.11 Å². The highest BCUT2D eigenvalue weighted by Crippen LogP contribution is 2.30. The van der Waals surface area contributed by atoms with Gasteiger partial charge in [0.1, 0.15) is 11.9 Å². The molecule has 0 aliphatic heterocycles. The molecule has 0 aliphatic carbocycles. The summed E-state index contributed by atoms with van der Waals surface area (Å²) in [5.41, 5.74) is 1.06. The molecule has 1 amide bonds. The predicted molar refractivity (Wildman–Crippen MR) is 123 cm³/mol. The van der Waals surface area contributed by atoms with E-state index in [1.807, 2.05) is 24.3 Å². The number of carbonyl (C=O) groups excluding carboxylic acids is 1. The van der Waals surface area contributed by atoms with Crippen LogP contribution in [0.2, 0.25) is 0 Å². The van der Waals surface area contributed by atoms with E-state index in [4.69, 9.17) is 51.8 Å². The van der Waals surface area contributed by atoms with E-state index in [0.29, 0.717) is 11.3 Å². The smallest absolute Gasteiger partial charge is 0.256 e. The number of ether oxygens (including phenoxy) is 1. The van der Waals surface area contributed by atoms with Crippen molar-refractivity contribution in [3.05, 3.63) is 57.7 Å². The van der Waals surface area contributed by atoms with Gasteiger partial charge < -0.3 is 20.7 Å². The number of benzene rings is 2. The molecule has 144 valence electrons. The molecule has 0 unspecified atom stereocenters. The zero-order chi connectivity index (χ0) is 20.0. The first kappa shape index (κ1) is 22.3. The Bertz CT molecular complexity index is 816. The van der Waals surface area contributed by atoms with Gasteiger partial charge in [0, 0.05) is 9.26 Å². The number of amides is 1. The molecule has 5 nitrogen and oxygen atoms in total. The minimum atomic E-state index is -1.85. The molecule has 0 fully saturated rings. The fourth-order valence-corrected chi connectivity index (χ4v) is 2.99. The van der Waals surface area contributed by atoms with Crippen LogP contribution >= 0.6 is 69.6 Å². The number of alkyl halides is 3. The van der Waals surface area contributed by atoms with Crippen molar-refractivity contribution in [1.82, 2.24) is 10.6 Å². The lowest BCUT2D eigenvalue weighted by Crippen LogP contribution is -2.56. The van der Waals surface area contributed by atoms with E-state index in [1.165, 1.54) is 7.11 Å². The van der Waals surface area contributed by atoms with Gasteiger partial charge in [0.2, 0.25) is 3.79 Å². The fourth-order valence-electron chi connectivity index (χ4n) is 2.07. The zero-order valence-electron chi connectivity index (χ0n) is 13.9. The third-order valence-corrected chi connectivity index (χ3v) is 4.93. The van der Waals surface area contributed by atoms with Crippen molar-refractivity contribution in [2.45, 2.75) is 9.96 Å². The summed E-state index contributed by atoms with van der Waals surface area (Å²) in [5.74, 6) is -0.0778. The number of para-hydroxylation sites is 1. The van der Waals surface area contributed by atoms with Crippen molar-refractivity contribution in [1.29, 1.82) is 0 Å². The molecule has 2 aromatic carbocycles. The summed E-state index contributed by atoms with van der Waals surface area (Å²) in [7, 11) is 1.47. The van der Waals surface area contributed by atoms with Crippen molar-refractivity contribution < 1.29 is 9.53 Å². The third-order valence-electron chi connectivity index (χ3n) is 3.33. The van der Waals surface area contributed by atoms with Gasteiger partial charge in [-0.1, -0.05) is 46.9 Å². The Morgan fingerprint density at radius 1 is 1.11 bits per heavy atom. The number of methoxy groups -OCH3 is 1. The molecule has 0 radical (unpaired) electrons. The second-order valence-electron chi connectivity index (χ2n) is 5.25. The van der Waals surface area contributed by atoms with Gasteiger partial charge in [-0.15, -0.1) is 0 Å². The maximum atomic E-state index is 12.6. The Morgan fingerprint density at radius 3 is 2.33 bits per heavy atom. The summed E-state index contributed by atoms with van der Waals surface area (Å²) in [4.78, 5) is 12.6. The van der Waals surface area contributed by atoms with Crippen molar-refractivity contribution in [3.63, 3.8) is 0 Å². The lowest BCUT2D eigenvalue weighted by molar-refractivity contribution is 0.0931. The van der Waals surface area contributed by atoms with Crippen LogP contribution in [-0.2, 0) is 0 Å². The summed E-state index contributed by atoms with van der Waals surface area (Å²) in [6.07, 6.45) is -1.08. The van der Waals surface area contributed by atoms with Crippen LogP contribution in [0.4, 0.5) is 5.69 Å². The summed E-state index contributed by atoms with van der Waals surface area (Å²) < 4.78 is 4.42. The second kappa shape index (κ2) is 9.97. The number of thiocarbonyl (C=S) groups is 1. The van der Waals surface area contributed by atoms with Gasteiger partial charge in [-0.2, -0.15) is 0 Å². The average Bonchev–Trinajstić information content (AvgIpc) is 2.62. The molecule has 2 rings (SSSR count). The number of nitrogens with one attached hydrogen (secondary N) is 3. The van der Waals surface area contributed by atoms with E-state index >= 15 is 0 Å². The molecule has 0 saturated heterocycles. The van der Waals surface area contributed by atoms with E-state index in [0.717, 1.165) is 9.26 Å². The van der Waals surface area contributed by atoms with Crippen LogP contribution in [0.15, 0.2) is 48.5 Å². The van der Waals surface area contributed by atoms with E-state index in [-0.39, 0.29) is 5.11 Å². The van der Waals surface area contributed by atoms with Crippen molar-refractivity contribution in [2.75, 3.05) is 12.4 Å². The Hall–Kier alpha value is -1.000. The highest BCUT2D eigenvalue weighted by molar-refractivity contribution is 14.1. The number of anilines is 1. The molecule has 0 heterocycles. The summed E-state index contributed by atoms with van der Waals surface area (Å²) in [6, 6.07) is 14.3. The molecule has 3 N–H and O–H groups in total. The number of hydrogen-bond donors (Lipinski definition) is 3. The van der Waals surface area contributed by atoms with Crippen LogP contribution in [-0.4, -0.2) is 28.1 Å².